The Hall–Kier alpha value is -4.31. The van der Waals surface area contributed by atoms with Gasteiger partial charge in [-0.3, -0.25) is 9.48 Å². The van der Waals surface area contributed by atoms with E-state index in [0.29, 0.717) is 58.3 Å². The van der Waals surface area contributed by atoms with Gasteiger partial charge >= 0.3 is 0 Å². The summed E-state index contributed by atoms with van der Waals surface area (Å²) in [5.74, 6) is 0.239. The van der Waals surface area contributed by atoms with Gasteiger partial charge in [-0.1, -0.05) is 35.3 Å². The van der Waals surface area contributed by atoms with Crippen molar-refractivity contribution < 1.29 is 22.7 Å². The van der Waals surface area contributed by atoms with Crippen molar-refractivity contribution in [1.29, 1.82) is 5.26 Å². The second kappa shape index (κ2) is 13.2. The van der Waals surface area contributed by atoms with Crippen LogP contribution < -0.4 is 10.1 Å². The number of rotatable bonds is 10. The van der Waals surface area contributed by atoms with Crippen LogP contribution in [0.25, 0.3) is 32.9 Å². The maximum atomic E-state index is 17.2. The monoisotopic (exact) mass is 761 g/mol. The molecule has 1 N–H and O–H groups in total. The van der Waals surface area contributed by atoms with Crippen LogP contribution in [0.4, 0.5) is 13.2 Å². The fourth-order valence-corrected chi connectivity index (χ4v) is 9.30. The molecule has 5 aromatic rings. The van der Waals surface area contributed by atoms with Crippen molar-refractivity contribution in [2.45, 2.75) is 82.6 Å². The number of nitrogens with zero attached hydrogens (tertiary/aromatic N) is 6. The van der Waals surface area contributed by atoms with Crippen molar-refractivity contribution in [3.8, 4) is 22.9 Å². The van der Waals surface area contributed by atoms with Gasteiger partial charge in [-0.05, 0) is 62.3 Å². The van der Waals surface area contributed by atoms with E-state index in [2.05, 4.69) is 27.1 Å². The van der Waals surface area contributed by atoms with Gasteiger partial charge in [0.1, 0.15) is 18.2 Å². The standard InChI is InChI=1S/C39H36Cl2F3N7O2/c1-19-26-13-31(30-12-23(17-50(30)39(52)20-7-8-20)53-24-15-47-49(16-24)18-32(42)43)51(37-22-11-29(37)46-14-22)38(26)27-10-21(4-3-9-45)33(35(44)36(27)48-19)25-5-2-6-28(40)34(25)41/h2,5-6,10,13,15-16,20,22-23,29-30,32,37,46H,3-4,7-8,11-12,14,17-18H2,1H3. The predicted molar refractivity (Wildman–Crippen MR) is 195 cm³/mol. The van der Waals surface area contributed by atoms with Crippen LogP contribution in [0.5, 0.6) is 5.75 Å². The van der Waals surface area contributed by atoms with Crippen molar-refractivity contribution in [2.75, 3.05) is 13.1 Å². The Labute approximate surface area is 313 Å². The number of nitrogens with one attached hydrogen (secondary N) is 1. The summed E-state index contributed by atoms with van der Waals surface area (Å²) in [5, 5.41) is 19.3. The highest BCUT2D eigenvalue weighted by Gasteiger charge is 2.51. The molecule has 3 aliphatic heterocycles. The van der Waals surface area contributed by atoms with Gasteiger partial charge in [-0.25, -0.2) is 18.2 Å². The summed E-state index contributed by atoms with van der Waals surface area (Å²) in [6.07, 6.45) is 3.59. The number of hydrogen-bond donors (Lipinski definition) is 1. The lowest BCUT2D eigenvalue weighted by molar-refractivity contribution is -0.133. The van der Waals surface area contributed by atoms with Crippen LogP contribution in [0, 0.1) is 35.9 Å². The van der Waals surface area contributed by atoms with E-state index in [1.807, 2.05) is 17.9 Å². The molecule has 5 fully saturated rings. The van der Waals surface area contributed by atoms with Gasteiger partial charge in [-0.15, -0.1) is 0 Å². The molecule has 5 aliphatic rings. The number of alkyl halides is 2. The molecule has 5 unspecified atom stereocenters. The van der Waals surface area contributed by atoms with Crippen molar-refractivity contribution in [1.82, 2.24) is 29.5 Å². The quantitative estimate of drug-likeness (QED) is 0.154. The average Bonchev–Trinajstić information content (AvgIpc) is 3.56. The van der Waals surface area contributed by atoms with E-state index in [1.165, 1.54) is 12.4 Å². The van der Waals surface area contributed by atoms with Gasteiger partial charge in [0.25, 0.3) is 6.43 Å². The minimum absolute atomic E-state index is 0.0397. The third-order valence-corrected chi connectivity index (χ3v) is 12.3. The topological polar surface area (TPSA) is 101 Å². The summed E-state index contributed by atoms with van der Waals surface area (Å²) in [4.78, 5) is 20.8. The Balaban J connectivity index is 1.22. The Morgan fingerprint density at radius 1 is 1.19 bits per heavy atom. The van der Waals surface area contributed by atoms with Gasteiger partial charge in [0.15, 0.2) is 11.6 Å². The van der Waals surface area contributed by atoms with Gasteiger partial charge < -0.3 is 19.5 Å². The molecule has 14 heteroatoms. The third kappa shape index (κ3) is 5.83. The summed E-state index contributed by atoms with van der Waals surface area (Å²) in [5.41, 5.74) is 3.99. The molecule has 2 aliphatic carbocycles. The zero-order valence-corrected chi connectivity index (χ0v) is 30.3. The van der Waals surface area contributed by atoms with E-state index in [-0.39, 0.29) is 52.5 Å². The second-order valence-electron chi connectivity index (χ2n) is 14.8. The Morgan fingerprint density at radius 2 is 2.02 bits per heavy atom. The number of amides is 1. The number of carbonyl (C=O) groups is 1. The SMILES string of the molecule is Cc1nc2c(F)c(-c3cccc(Cl)c3Cl)c(CCC#N)cc2c2c1cc(C1CC(Oc3cnn(CC(F)F)c3)CN1C(=O)C1CC1)n2C1C2CNC1C2. The molecular formula is C39H36Cl2F3N7O2. The lowest BCUT2D eigenvalue weighted by Gasteiger charge is -2.39. The summed E-state index contributed by atoms with van der Waals surface area (Å²) in [6, 6.07) is 11.3. The normalized spacial score (nSPS) is 23.7. The van der Waals surface area contributed by atoms with Crippen molar-refractivity contribution in [3.63, 3.8) is 0 Å². The van der Waals surface area contributed by atoms with Gasteiger partial charge in [-0.2, -0.15) is 10.4 Å². The van der Waals surface area contributed by atoms with Crippen molar-refractivity contribution >= 4 is 50.9 Å². The number of benzene rings is 2. The molecule has 10 rings (SSSR count). The molecule has 274 valence electrons. The number of likely N-dealkylation sites (tertiary alicyclic amines) is 1. The molecule has 9 nitrogen and oxygen atoms in total. The number of aryl methyl sites for hydroxylation is 2. The molecule has 3 saturated heterocycles. The highest BCUT2D eigenvalue weighted by atomic mass is 35.5. The van der Waals surface area contributed by atoms with Crippen LogP contribution in [-0.2, 0) is 17.8 Å². The lowest BCUT2D eigenvalue weighted by Crippen LogP contribution is -2.41. The first-order valence-electron chi connectivity index (χ1n) is 18.1. The Kier molecular flexibility index (Phi) is 8.59. The summed E-state index contributed by atoms with van der Waals surface area (Å²) >= 11 is 13.1. The lowest BCUT2D eigenvalue weighted by atomic mass is 9.79. The Bertz CT molecular complexity index is 2320. The van der Waals surface area contributed by atoms with Crippen molar-refractivity contribution in [2.24, 2.45) is 11.8 Å². The fraction of sp³-hybridized carbons (Fsp3) is 0.436. The first-order valence-corrected chi connectivity index (χ1v) is 18.9. The van der Waals surface area contributed by atoms with Crippen LogP contribution in [0.15, 0.2) is 42.7 Å². The number of carbonyl (C=O) groups excluding carboxylic acids is 1. The number of fused-ring (bicyclic) bond motifs is 4. The third-order valence-electron chi connectivity index (χ3n) is 11.5. The molecule has 3 aromatic heterocycles. The molecule has 6 heterocycles. The molecule has 2 saturated carbocycles. The molecule has 1 amide bonds. The molecular weight excluding hydrogens is 726 g/mol. The minimum atomic E-state index is -2.55. The summed E-state index contributed by atoms with van der Waals surface area (Å²) < 4.78 is 53.1. The van der Waals surface area contributed by atoms with E-state index < -0.39 is 24.9 Å². The highest BCUT2D eigenvalue weighted by Crippen LogP contribution is 2.51. The number of pyridine rings is 1. The minimum Gasteiger partial charge on any atom is -0.485 e. The smallest absolute Gasteiger partial charge is 0.257 e. The number of aromatic nitrogens is 4. The number of ether oxygens (including phenoxy) is 1. The largest absolute Gasteiger partial charge is 0.485 e. The Morgan fingerprint density at radius 3 is 2.74 bits per heavy atom. The van der Waals surface area contributed by atoms with E-state index in [4.69, 9.17) is 32.9 Å². The van der Waals surface area contributed by atoms with E-state index in [1.54, 1.807) is 18.2 Å². The van der Waals surface area contributed by atoms with Gasteiger partial charge in [0.05, 0.1) is 52.7 Å². The average molecular weight is 763 g/mol. The summed E-state index contributed by atoms with van der Waals surface area (Å²) in [6.45, 7) is 2.54. The van der Waals surface area contributed by atoms with Gasteiger partial charge in [0, 0.05) is 64.6 Å². The first-order chi connectivity index (χ1) is 25.6. The number of nitriles is 1. The number of halogens is 5. The van der Waals surface area contributed by atoms with Gasteiger partial charge in [0.2, 0.25) is 5.91 Å². The van der Waals surface area contributed by atoms with Crippen LogP contribution >= 0.6 is 23.2 Å². The molecule has 53 heavy (non-hydrogen) atoms. The molecule has 2 bridgehead atoms. The van der Waals surface area contributed by atoms with Crippen molar-refractivity contribution in [3.05, 3.63) is 75.5 Å². The first kappa shape index (κ1) is 34.5. The fourth-order valence-electron chi connectivity index (χ4n) is 8.91. The number of hydrogen-bond acceptors (Lipinski definition) is 6. The van der Waals surface area contributed by atoms with E-state index in [9.17, 15) is 18.8 Å². The summed E-state index contributed by atoms with van der Waals surface area (Å²) in [7, 11) is 0. The molecule has 0 radical (unpaired) electrons. The zero-order chi connectivity index (χ0) is 36.7. The molecule has 0 spiro atoms. The predicted octanol–water partition coefficient (Wildman–Crippen LogP) is 8.19. The van der Waals surface area contributed by atoms with Crippen LogP contribution in [0.2, 0.25) is 10.0 Å². The van der Waals surface area contributed by atoms with Crippen LogP contribution in [-0.4, -0.2) is 61.8 Å². The molecule has 2 aromatic carbocycles. The van der Waals surface area contributed by atoms with E-state index in [0.717, 1.165) is 47.1 Å². The maximum Gasteiger partial charge on any atom is 0.257 e. The highest BCUT2D eigenvalue weighted by molar-refractivity contribution is 6.43. The van der Waals surface area contributed by atoms with E-state index >= 15 is 4.39 Å². The zero-order valence-electron chi connectivity index (χ0n) is 28.8. The van der Waals surface area contributed by atoms with Crippen LogP contribution in [0.3, 0.4) is 0 Å². The van der Waals surface area contributed by atoms with Crippen LogP contribution in [0.1, 0.15) is 61.1 Å². The second-order valence-corrected chi connectivity index (χ2v) is 15.6. The molecule has 5 atom stereocenters. The maximum absolute atomic E-state index is 17.2.